The molecule has 90 valence electrons. The molecule has 1 aromatic carbocycles. The molecule has 3 heteroatoms. The van der Waals surface area contributed by atoms with E-state index in [0.29, 0.717) is 11.4 Å². The van der Waals surface area contributed by atoms with Crippen molar-refractivity contribution in [2.24, 2.45) is 0 Å². The molecule has 2 rings (SSSR count). The van der Waals surface area contributed by atoms with Crippen molar-refractivity contribution in [2.45, 2.75) is 20.8 Å². The average Bonchev–Trinajstić information content (AvgIpc) is 2.34. The van der Waals surface area contributed by atoms with Crippen molar-refractivity contribution in [3.05, 3.63) is 52.7 Å². The third-order valence-corrected chi connectivity index (χ3v) is 2.82. The zero-order valence-electron chi connectivity index (χ0n) is 10.8. The van der Waals surface area contributed by atoms with Gasteiger partial charge in [-0.2, -0.15) is 5.26 Å². The minimum Gasteiger partial charge on any atom is -0.340 e. The van der Waals surface area contributed by atoms with Gasteiger partial charge in [0.25, 0.3) is 0 Å². The lowest BCUT2D eigenvalue weighted by atomic mass is 10.1. The van der Waals surface area contributed by atoms with Crippen LogP contribution in [-0.2, 0) is 0 Å². The lowest BCUT2D eigenvalue weighted by Crippen LogP contribution is -1.99. The second-order valence-electron chi connectivity index (χ2n) is 4.44. The van der Waals surface area contributed by atoms with Crippen molar-refractivity contribution in [1.29, 1.82) is 5.26 Å². The summed E-state index contributed by atoms with van der Waals surface area (Å²) in [4.78, 5) is 4.23. The van der Waals surface area contributed by atoms with Gasteiger partial charge < -0.3 is 5.32 Å². The number of nitriles is 1. The molecule has 0 bridgehead atoms. The fourth-order valence-electron chi connectivity index (χ4n) is 2.07. The summed E-state index contributed by atoms with van der Waals surface area (Å²) in [5.41, 5.74) is 5.26. The van der Waals surface area contributed by atoms with Gasteiger partial charge in [-0.25, -0.2) is 4.98 Å². The summed E-state index contributed by atoms with van der Waals surface area (Å²) in [7, 11) is 0. The van der Waals surface area contributed by atoms with E-state index in [-0.39, 0.29) is 0 Å². The number of hydrogen-bond acceptors (Lipinski definition) is 3. The van der Waals surface area contributed by atoms with Crippen LogP contribution in [0.2, 0.25) is 0 Å². The molecule has 0 saturated heterocycles. The summed E-state index contributed by atoms with van der Waals surface area (Å²) >= 11 is 0. The molecule has 1 heterocycles. The van der Waals surface area contributed by atoms with Crippen LogP contribution >= 0.6 is 0 Å². The van der Waals surface area contributed by atoms with Gasteiger partial charge in [0, 0.05) is 11.9 Å². The maximum absolute atomic E-state index is 8.87. The molecular weight excluding hydrogens is 222 g/mol. The minimum absolute atomic E-state index is 0.606. The number of benzene rings is 1. The zero-order chi connectivity index (χ0) is 13.1. The third kappa shape index (κ3) is 2.49. The van der Waals surface area contributed by atoms with E-state index >= 15 is 0 Å². The number of pyridine rings is 1. The van der Waals surface area contributed by atoms with Gasteiger partial charge in [-0.05, 0) is 44.0 Å². The Morgan fingerprint density at radius 2 is 1.78 bits per heavy atom. The molecule has 0 amide bonds. The van der Waals surface area contributed by atoms with E-state index in [2.05, 4.69) is 49.3 Å². The van der Waals surface area contributed by atoms with Crippen molar-refractivity contribution in [3.8, 4) is 6.07 Å². The maximum Gasteiger partial charge on any atom is 0.131 e. The highest BCUT2D eigenvalue weighted by atomic mass is 15.0. The van der Waals surface area contributed by atoms with E-state index in [1.54, 1.807) is 18.3 Å². The van der Waals surface area contributed by atoms with Gasteiger partial charge in [-0.1, -0.05) is 17.7 Å². The Morgan fingerprint density at radius 3 is 2.39 bits per heavy atom. The Morgan fingerprint density at radius 1 is 1.11 bits per heavy atom. The molecule has 1 aromatic heterocycles. The van der Waals surface area contributed by atoms with Crippen molar-refractivity contribution in [3.63, 3.8) is 0 Å². The van der Waals surface area contributed by atoms with Gasteiger partial charge in [-0.3, -0.25) is 0 Å². The lowest BCUT2D eigenvalue weighted by molar-refractivity contribution is 1.26. The van der Waals surface area contributed by atoms with Crippen LogP contribution in [0.3, 0.4) is 0 Å². The molecule has 0 fully saturated rings. The molecule has 0 unspecified atom stereocenters. The highest BCUT2D eigenvalue weighted by Gasteiger charge is 2.05. The number of anilines is 2. The molecule has 1 N–H and O–H groups in total. The molecule has 0 aliphatic carbocycles. The molecule has 18 heavy (non-hydrogen) atoms. The molecule has 0 aliphatic heterocycles. The van der Waals surface area contributed by atoms with Crippen molar-refractivity contribution in [1.82, 2.24) is 4.98 Å². The van der Waals surface area contributed by atoms with Crippen LogP contribution in [0.4, 0.5) is 11.5 Å². The van der Waals surface area contributed by atoms with Crippen LogP contribution in [-0.4, -0.2) is 4.98 Å². The van der Waals surface area contributed by atoms with Crippen LogP contribution in [0, 0.1) is 32.1 Å². The van der Waals surface area contributed by atoms with Crippen molar-refractivity contribution >= 4 is 11.5 Å². The number of hydrogen-bond donors (Lipinski definition) is 1. The maximum atomic E-state index is 8.87. The molecule has 0 spiro atoms. The van der Waals surface area contributed by atoms with Gasteiger partial charge >= 0.3 is 0 Å². The topological polar surface area (TPSA) is 48.7 Å². The Kier molecular flexibility index (Phi) is 3.29. The van der Waals surface area contributed by atoms with Gasteiger partial charge in [0.15, 0.2) is 0 Å². The van der Waals surface area contributed by atoms with E-state index in [1.165, 1.54) is 16.7 Å². The van der Waals surface area contributed by atoms with E-state index in [9.17, 15) is 0 Å². The number of rotatable bonds is 2. The van der Waals surface area contributed by atoms with Crippen LogP contribution in [0.25, 0.3) is 0 Å². The summed E-state index contributed by atoms with van der Waals surface area (Å²) in [6, 6.07) is 9.81. The SMILES string of the molecule is Cc1cc(C)c(Nc2cc(C#N)ccn2)c(C)c1. The highest BCUT2D eigenvalue weighted by Crippen LogP contribution is 2.25. The number of aryl methyl sites for hydroxylation is 3. The highest BCUT2D eigenvalue weighted by molar-refractivity contribution is 5.65. The molecule has 0 aliphatic rings. The number of aromatic nitrogens is 1. The standard InChI is InChI=1S/C15H15N3/c1-10-6-11(2)15(12(3)7-10)18-14-8-13(9-16)4-5-17-14/h4-8H,1-3H3,(H,17,18). The van der Waals surface area contributed by atoms with E-state index in [4.69, 9.17) is 5.26 Å². The summed E-state index contributed by atoms with van der Waals surface area (Å²) in [6.45, 7) is 6.21. The van der Waals surface area contributed by atoms with Gasteiger partial charge in [0.05, 0.1) is 11.6 Å². The Hall–Kier alpha value is -2.34. The van der Waals surface area contributed by atoms with Crippen LogP contribution in [0.1, 0.15) is 22.3 Å². The Bertz CT molecular complexity index is 601. The van der Waals surface area contributed by atoms with Crippen LogP contribution < -0.4 is 5.32 Å². The summed E-state index contributed by atoms with van der Waals surface area (Å²) < 4.78 is 0. The number of nitrogens with zero attached hydrogens (tertiary/aromatic N) is 2. The van der Waals surface area contributed by atoms with Crippen molar-refractivity contribution in [2.75, 3.05) is 5.32 Å². The largest absolute Gasteiger partial charge is 0.340 e. The van der Waals surface area contributed by atoms with E-state index in [1.807, 2.05) is 0 Å². The molecular formula is C15H15N3. The van der Waals surface area contributed by atoms with Gasteiger partial charge in [0.1, 0.15) is 5.82 Å². The minimum atomic E-state index is 0.606. The number of nitrogens with one attached hydrogen (secondary N) is 1. The first kappa shape index (κ1) is 12.1. The molecule has 0 saturated carbocycles. The summed E-state index contributed by atoms with van der Waals surface area (Å²) in [5.74, 6) is 0.698. The lowest BCUT2D eigenvalue weighted by Gasteiger charge is -2.13. The smallest absolute Gasteiger partial charge is 0.131 e. The monoisotopic (exact) mass is 237 g/mol. The molecule has 3 nitrogen and oxygen atoms in total. The second kappa shape index (κ2) is 4.89. The Balaban J connectivity index is 2.37. The first-order valence-electron chi connectivity index (χ1n) is 5.81. The van der Waals surface area contributed by atoms with Crippen LogP contribution in [0.15, 0.2) is 30.5 Å². The molecule has 0 atom stereocenters. The zero-order valence-corrected chi connectivity index (χ0v) is 10.8. The Labute approximate surface area is 107 Å². The third-order valence-electron chi connectivity index (χ3n) is 2.82. The predicted octanol–water partition coefficient (Wildman–Crippen LogP) is 3.62. The fourth-order valence-corrected chi connectivity index (χ4v) is 2.07. The quantitative estimate of drug-likeness (QED) is 0.867. The van der Waals surface area contributed by atoms with Crippen molar-refractivity contribution < 1.29 is 0 Å². The normalized spacial score (nSPS) is 9.89. The molecule has 2 aromatic rings. The average molecular weight is 237 g/mol. The first-order chi connectivity index (χ1) is 8.60. The predicted molar refractivity (Wildman–Crippen MR) is 72.9 cm³/mol. The van der Waals surface area contributed by atoms with Gasteiger partial charge in [-0.15, -0.1) is 0 Å². The second-order valence-corrected chi connectivity index (χ2v) is 4.44. The van der Waals surface area contributed by atoms with Gasteiger partial charge in [0.2, 0.25) is 0 Å². The van der Waals surface area contributed by atoms with E-state index in [0.717, 1.165) is 5.69 Å². The summed E-state index contributed by atoms with van der Waals surface area (Å²) in [5, 5.41) is 12.1. The first-order valence-corrected chi connectivity index (χ1v) is 5.81. The fraction of sp³-hybridized carbons (Fsp3) is 0.200. The van der Waals surface area contributed by atoms with E-state index < -0.39 is 0 Å². The molecule has 0 radical (unpaired) electrons. The van der Waals surface area contributed by atoms with Crippen LogP contribution in [0.5, 0.6) is 0 Å². The summed E-state index contributed by atoms with van der Waals surface area (Å²) in [6.07, 6.45) is 1.64.